The van der Waals surface area contributed by atoms with Gasteiger partial charge in [-0.25, -0.2) is 0 Å². The van der Waals surface area contributed by atoms with Crippen LogP contribution < -0.4 is 10.2 Å². The van der Waals surface area contributed by atoms with Gasteiger partial charge in [0.05, 0.1) is 17.9 Å². The first kappa shape index (κ1) is 21.2. The van der Waals surface area contributed by atoms with E-state index in [4.69, 9.17) is 4.74 Å². The van der Waals surface area contributed by atoms with Crippen LogP contribution in [-0.4, -0.2) is 32.1 Å². The summed E-state index contributed by atoms with van der Waals surface area (Å²) in [6.45, 7) is 2.97. The second kappa shape index (κ2) is 9.37. The molecule has 0 spiro atoms. The van der Waals surface area contributed by atoms with Crippen LogP contribution in [0.15, 0.2) is 76.5 Å². The number of hydrogen-bond donors (Lipinski definition) is 1. The summed E-state index contributed by atoms with van der Waals surface area (Å²) in [6, 6.07) is 20.9. The predicted octanol–water partition coefficient (Wildman–Crippen LogP) is 5.26. The Morgan fingerprint density at radius 1 is 1.03 bits per heavy atom. The maximum Gasteiger partial charge on any atom is 0.259 e. The number of rotatable bonds is 6. The molecule has 2 amide bonds. The molecule has 4 rings (SSSR count). The number of methoxy groups -OCH3 is 1. The largest absolute Gasteiger partial charge is 0.383 e. The Hall–Kier alpha value is -3.09. The summed E-state index contributed by atoms with van der Waals surface area (Å²) in [4.78, 5) is 29.4. The van der Waals surface area contributed by atoms with Crippen LogP contribution in [-0.2, 0) is 11.2 Å². The number of anilines is 2. The molecule has 5 nitrogen and oxygen atoms in total. The Kier molecular flexibility index (Phi) is 6.39. The Morgan fingerprint density at radius 3 is 2.55 bits per heavy atom. The summed E-state index contributed by atoms with van der Waals surface area (Å²) in [5, 5.41) is 2.98. The molecule has 158 valence electrons. The molecule has 0 saturated heterocycles. The molecule has 3 aromatic rings. The highest BCUT2D eigenvalue weighted by Crippen LogP contribution is 2.42. The number of amides is 2. The summed E-state index contributed by atoms with van der Waals surface area (Å²) in [5.74, 6) is -0.208. The topological polar surface area (TPSA) is 58.6 Å². The first-order valence-corrected chi connectivity index (χ1v) is 11.0. The number of fused-ring (bicyclic) bond motifs is 2. The zero-order valence-corrected chi connectivity index (χ0v) is 18.4. The molecule has 0 bridgehead atoms. The SMILES string of the molecule is CCc1ccc(C(=O)Nc2ccc3c(c2)Sc2ccccc2C(=O)N3CCOC)cc1. The Balaban J connectivity index is 1.65. The van der Waals surface area contributed by atoms with Crippen LogP contribution in [0.1, 0.15) is 33.2 Å². The van der Waals surface area contributed by atoms with Gasteiger partial charge in [0.1, 0.15) is 0 Å². The zero-order chi connectivity index (χ0) is 21.8. The highest BCUT2D eigenvalue weighted by Gasteiger charge is 2.27. The number of aryl methyl sites for hydroxylation is 1. The van der Waals surface area contributed by atoms with Crippen molar-refractivity contribution >= 4 is 35.0 Å². The molecule has 0 fully saturated rings. The number of hydrogen-bond acceptors (Lipinski definition) is 4. The molecule has 1 N–H and O–H groups in total. The van der Waals surface area contributed by atoms with E-state index in [1.54, 1.807) is 12.0 Å². The molecule has 3 aromatic carbocycles. The lowest BCUT2D eigenvalue weighted by atomic mass is 10.1. The quantitative estimate of drug-likeness (QED) is 0.577. The van der Waals surface area contributed by atoms with Crippen molar-refractivity contribution in [1.82, 2.24) is 0 Å². The Morgan fingerprint density at radius 2 is 1.81 bits per heavy atom. The van der Waals surface area contributed by atoms with Crippen LogP contribution in [0, 0.1) is 0 Å². The van der Waals surface area contributed by atoms with E-state index in [2.05, 4.69) is 12.2 Å². The third-order valence-electron chi connectivity index (χ3n) is 5.23. The van der Waals surface area contributed by atoms with Crippen LogP contribution in [0.25, 0.3) is 0 Å². The predicted molar refractivity (Wildman–Crippen MR) is 124 cm³/mol. The molecule has 1 aliphatic heterocycles. The van der Waals surface area contributed by atoms with Gasteiger partial charge < -0.3 is 15.0 Å². The van der Waals surface area contributed by atoms with Gasteiger partial charge in [-0.2, -0.15) is 0 Å². The maximum absolute atomic E-state index is 13.2. The number of nitrogens with zero attached hydrogens (tertiary/aromatic N) is 1. The lowest BCUT2D eigenvalue weighted by Gasteiger charge is -2.23. The Bertz CT molecular complexity index is 1110. The third kappa shape index (κ3) is 4.50. The van der Waals surface area contributed by atoms with Crippen molar-refractivity contribution in [2.45, 2.75) is 23.1 Å². The van der Waals surface area contributed by atoms with E-state index in [-0.39, 0.29) is 11.8 Å². The monoisotopic (exact) mass is 432 g/mol. The van der Waals surface area contributed by atoms with Gasteiger partial charge in [0.15, 0.2) is 0 Å². The fourth-order valence-corrected chi connectivity index (χ4v) is 4.62. The van der Waals surface area contributed by atoms with Gasteiger partial charge in [0.2, 0.25) is 0 Å². The van der Waals surface area contributed by atoms with Gasteiger partial charge in [0, 0.05) is 34.7 Å². The van der Waals surface area contributed by atoms with Gasteiger partial charge in [-0.3, -0.25) is 9.59 Å². The minimum Gasteiger partial charge on any atom is -0.383 e. The average molecular weight is 433 g/mol. The lowest BCUT2D eigenvalue weighted by Crippen LogP contribution is -2.33. The van der Waals surface area contributed by atoms with Gasteiger partial charge >= 0.3 is 0 Å². The standard InChI is InChI=1S/C25H24N2O3S/c1-3-17-8-10-18(11-9-17)24(28)26-19-12-13-21-23(16-19)31-22-7-5-4-6-20(22)25(29)27(21)14-15-30-2/h4-13,16H,3,14-15H2,1-2H3,(H,26,28). The second-order valence-electron chi connectivity index (χ2n) is 7.23. The van der Waals surface area contributed by atoms with Crippen LogP contribution in [0.3, 0.4) is 0 Å². The fraction of sp³-hybridized carbons (Fsp3) is 0.200. The van der Waals surface area contributed by atoms with Gasteiger partial charge in [-0.15, -0.1) is 0 Å². The van der Waals surface area contributed by atoms with Crippen LogP contribution >= 0.6 is 11.8 Å². The molecule has 0 radical (unpaired) electrons. The highest BCUT2D eigenvalue weighted by molar-refractivity contribution is 7.99. The van der Waals surface area contributed by atoms with Crippen molar-refractivity contribution in [1.29, 1.82) is 0 Å². The van der Waals surface area contributed by atoms with E-state index < -0.39 is 0 Å². The second-order valence-corrected chi connectivity index (χ2v) is 8.32. The number of carbonyl (C=O) groups excluding carboxylic acids is 2. The molecule has 1 heterocycles. The molecule has 0 unspecified atom stereocenters. The van der Waals surface area contributed by atoms with E-state index in [1.807, 2.05) is 66.7 Å². The molecular weight excluding hydrogens is 408 g/mol. The molecule has 31 heavy (non-hydrogen) atoms. The summed E-state index contributed by atoms with van der Waals surface area (Å²) in [5.41, 5.74) is 3.98. The number of carbonyl (C=O) groups is 2. The smallest absolute Gasteiger partial charge is 0.259 e. The molecule has 0 saturated carbocycles. The van der Waals surface area contributed by atoms with Crippen molar-refractivity contribution in [3.05, 3.63) is 83.4 Å². The molecule has 0 atom stereocenters. The van der Waals surface area contributed by atoms with Crippen molar-refractivity contribution in [2.24, 2.45) is 0 Å². The van der Waals surface area contributed by atoms with Crippen LogP contribution in [0.4, 0.5) is 11.4 Å². The summed E-state index contributed by atoms with van der Waals surface area (Å²) < 4.78 is 5.22. The van der Waals surface area contributed by atoms with E-state index in [0.29, 0.717) is 30.0 Å². The molecular formula is C25H24N2O3S. The lowest BCUT2D eigenvalue weighted by molar-refractivity contribution is 0.0972. The molecule has 0 aliphatic carbocycles. The van der Waals surface area contributed by atoms with E-state index in [1.165, 1.54) is 17.3 Å². The summed E-state index contributed by atoms with van der Waals surface area (Å²) in [7, 11) is 1.62. The number of nitrogens with one attached hydrogen (secondary N) is 1. The molecule has 1 aliphatic rings. The summed E-state index contributed by atoms with van der Waals surface area (Å²) >= 11 is 1.53. The van der Waals surface area contributed by atoms with Crippen molar-refractivity contribution in [3.63, 3.8) is 0 Å². The highest BCUT2D eigenvalue weighted by atomic mass is 32.2. The average Bonchev–Trinajstić information content (AvgIpc) is 2.91. The third-order valence-corrected chi connectivity index (χ3v) is 6.36. The van der Waals surface area contributed by atoms with Gasteiger partial charge in [0.25, 0.3) is 11.8 Å². The molecule has 0 aromatic heterocycles. The van der Waals surface area contributed by atoms with Gasteiger partial charge in [-0.05, 0) is 54.4 Å². The first-order chi connectivity index (χ1) is 15.1. The van der Waals surface area contributed by atoms with Crippen molar-refractivity contribution in [3.8, 4) is 0 Å². The minimum atomic E-state index is -0.158. The fourth-order valence-electron chi connectivity index (χ4n) is 3.50. The number of benzene rings is 3. The number of ether oxygens (including phenoxy) is 1. The van der Waals surface area contributed by atoms with Crippen molar-refractivity contribution < 1.29 is 14.3 Å². The van der Waals surface area contributed by atoms with Crippen LogP contribution in [0.2, 0.25) is 0 Å². The normalized spacial score (nSPS) is 12.7. The minimum absolute atomic E-state index is 0.0494. The van der Waals surface area contributed by atoms with E-state index in [0.717, 1.165) is 21.9 Å². The van der Waals surface area contributed by atoms with Crippen molar-refractivity contribution in [2.75, 3.05) is 30.5 Å². The first-order valence-electron chi connectivity index (χ1n) is 10.2. The Labute approximate surface area is 186 Å². The summed E-state index contributed by atoms with van der Waals surface area (Å²) in [6.07, 6.45) is 0.934. The van der Waals surface area contributed by atoms with Crippen LogP contribution in [0.5, 0.6) is 0 Å². The molecule has 6 heteroatoms. The zero-order valence-electron chi connectivity index (χ0n) is 17.6. The van der Waals surface area contributed by atoms with E-state index >= 15 is 0 Å². The van der Waals surface area contributed by atoms with Gasteiger partial charge in [-0.1, -0.05) is 43.0 Å². The maximum atomic E-state index is 13.2. The van der Waals surface area contributed by atoms with E-state index in [9.17, 15) is 9.59 Å².